The molecule has 0 aromatic heterocycles. The molecule has 0 spiro atoms. The number of rotatable bonds is 16. The Morgan fingerprint density at radius 2 is 1.31 bits per heavy atom. The molecule has 3 aromatic carbocycles. The molecule has 272 valence electrons. The molecule has 2 saturated heterocycles. The number of methoxy groups -OCH3 is 1. The van der Waals surface area contributed by atoms with Crippen molar-refractivity contribution in [1.82, 2.24) is 4.90 Å². The van der Waals surface area contributed by atoms with Crippen LogP contribution in [-0.2, 0) is 44.6 Å². The van der Waals surface area contributed by atoms with Crippen molar-refractivity contribution in [2.45, 2.75) is 63.3 Å². The Kier molecular flexibility index (Phi) is 13.5. The molecule has 12 nitrogen and oxygen atoms in total. The second-order valence-corrected chi connectivity index (χ2v) is 13.1. The van der Waals surface area contributed by atoms with E-state index < -0.39 is 65.8 Å². The second-order valence-electron chi connectivity index (χ2n) is 11.7. The molecule has 13 heteroatoms. The van der Waals surface area contributed by atoms with E-state index in [0.29, 0.717) is 22.6 Å². The molecular formula is C38H43NO11S. The second kappa shape index (κ2) is 18.2. The maximum absolute atomic E-state index is 13.7. The molecule has 5 rings (SSSR count). The van der Waals surface area contributed by atoms with Crippen LogP contribution in [-0.4, -0.2) is 97.4 Å². The van der Waals surface area contributed by atoms with Crippen molar-refractivity contribution in [2.75, 3.05) is 32.7 Å². The lowest BCUT2D eigenvalue weighted by atomic mass is 10.0. The van der Waals surface area contributed by atoms with Crippen LogP contribution in [0.2, 0.25) is 0 Å². The average molecular weight is 722 g/mol. The Hall–Kier alpha value is -4.43. The van der Waals surface area contributed by atoms with Gasteiger partial charge in [0.15, 0.2) is 18.1 Å². The van der Waals surface area contributed by atoms with Gasteiger partial charge in [-0.1, -0.05) is 55.5 Å². The molecule has 51 heavy (non-hydrogen) atoms. The number of nitrogens with zero attached hydrogens (tertiary/aromatic N) is 1. The number of carbonyl (C=O) groups excluding carboxylic acids is 4. The molecule has 0 radical (unpaired) electrons. The Morgan fingerprint density at radius 1 is 0.765 bits per heavy atom. The summed E-state index contributed by atoms with van der Waals surface area (Å²) in [4.78, 5) is 56.1. The molecule has 6 atom stereocenters. The summed E-state index contributed by atoms with van der Waals surface area (Å²) in [6.07, 6.45) is -4.22. The number of hydrogen-bond acceptors (Lipinski definition) is 13. The van der Waals surface area contributed by atoms with Crippen LogP contribution in [0.25, 0.3) is 0 Å². The first-order valence-corrected chi connectivity index (χ1v) is 18.0. The molecule has 0 unspecified atom stereocenters. The lowest BCUT2D eigenvalue weighted by molar-refractivity contribution is -0.175. The third kappa shape index (κ3) is 8.90. The van der Waals surface area contributed by atoms with E-state index in [1.807, 2.05) is 31.2 Å². The van der Waals surface area contributed by atoms with E-state index >= 15 is 0 Å². The molecule has 0 N–H and O–H groups in total. The van der Waals surface area contributed by atoms with Crippen molar-refractivity contribution in [1.29, 1.82) is 0 Å². The summed E-state index contributed by atoms with van der Waals surface area (Å²) in [7, 11) is 1.59. The molecule has 2 aliphatic rings. The smallest absolute Gasteiger partial charge is 0.338 e. The summed E-state index contributed by atoms with van der Waals surface area (Å²) >= 11 is 1.41. The fourth-order valence-electron chi connectivity index (χ4n) is 6.26. The lowest BCUT2D eigenvalue weighted by Gasteiger charge is -2.32. The molecule has 2 heterocycles. The molecule has 2 aliphatic heterocycles. The van der Waals surface area contributed by atoms with Gasteiger partial charge < -0.3 is 33.2 Å². The molecule has 2 fully saturated rings. The van der Waals surface area contributed by atoms with Gasteiger partial charge >= 0.3 is 23.9 Å². The maximum atomic E-state index is 13.7. The number of esters is 4. The van der Waals surface area contributed by atoms with Crippen LogP contribution in [0.5, 0.6) is 5.75 Å². The normalized spacial score (nSPS) is 22.6. The number of benzene rings is 3. The van der Waals surface area contributed by atoms with Gasteiger partial charge in [0, 0.05) is 0 Å². The SMILES string of the molecule is CCOC(=O)C(C(=O)OCC)[C@@H]1O[C@H](COCc2ccc(OC)cc2)[C@H]2[C@H](OC(=O)c3ccccc3)[C@@H](OC(=O)c3ccccc3)[C@@H](SCC)N21. The van der Waals surface area contributed by atoms with Gasteiger partial charge in [0.05, 0.1) is 56.1 Å². The fourth-order valence-corrected chi connectivity index (χ4v) is 7.43. The number of ether oxygens (including phenoxy) is 7. The van der Waals surface area contributed by atoms with Gasteiger partial charge in [0.25, 0.3) is 0 Å². The Balaban J connectivity index is 1.56. The highest BCUT2D eigenvalue weighted by atomic mass is 32.2. The van der Waals surface area contributed by atoms with Crippen molar-refractivity contribution in [3.63, 3.8) is 0 Å². The van der Waals surface area contributed by atoms with E-state index in [2.05, 4.69) is 0 Å². The van der Waals surface area contributed by atoms with Crippen LogP contribution in [0.4, 0.5) is 0 Å². The molecule has 3 aromatic rings. The summed E-state index contributed by atoms with van der Waals surface area (Å²) in [6, 6.07) is 23.5. The van der Waals surface area contributed by atoms with Crippen molar-refractivity contribution >= 4 is 35.6 Å². The van der Waals surface area contributed by atoms with E-state index in [1.165, 1.54) is 11.8 Å². The van der Waals surface area contributed by atoms with Crippen molar-refractivity contribution in [3.05, 3.63) is 102 Å². The van der Waals surface area contributed by atoms with Crippen LogP contribution < -0.4 is 4.74 Å². The quantitative estimate of drug-likeness (QED) is 0.113. The predicted octanol–water partition coefficient (Wildman–Crippen LogP) is 4.89. The number of thioether (sulfide) groups is 1. The first kappa shape index (κ1) is 37.8. The molecule has 0 saturated carbocycles. The minimum absolute atomic E-state index is 0.0149. The summed E-state index contributed by atoms with van der Waals surface area (Å²) < 4.78 is 41.2. The van der Waals surface area contributed by atoms with E-state index in [0.717, 1.165) is 5.56 Å². The van der Waals surface area contributed by atoms with Crippen molar-refractivity contribution in [2.24, 2.45) is 5.92 Å². The monoisotopic (exact) mass is 721 g/mol. The maximum Gasteiger partial charge on any atom is 0.338 e. The van der Waals surface area contributed by atoms with Gasteiger partial charge in [-0.25, -0.2) is 9.59 Å². The number of fused-ring (bicyclic) bond motifs is 1. The zero-order valence-electron chi connectivity index (χ0n) is 29.0. The first-order valence-electron chi connectivity index (χ1n) is 16.9. The van der Waals surface area contributed by atoms with Crippen LogP contribution >= 0.6 is 11.8 Å². The van der Waals surface area contributed by atoms with E-state index in [4.69, 9.17) is 33.2 Å². The van der Waals surface area contributed by atoms with Gasteiger partial charge in [-0.3, -0.25) is 14.5 Å². The highest BCUT2D eigenvalue weighted by Crippen LogP contribution is 2.46. The third-order valence-corrected chi connectivity index (χ3v) is 9.67. The minimum Gasteiger partial charge on any atom is -0.497 e. The van der Waals surface area contributed by atoms with Crippen molar-refractivity contribution in [3.8, 4) is 5.75 Å². The highest BCUT2D eigenvalue weighted by Gasteiger charge is 2.65. The highest BCUT2D eigenvalue weighted by molar-refractivity contribution is 7.99. The van der Waals surface area contributed by atoms with Gasteiger partial charge in [-0.2, -0.15) is 0 Å². The molecule has 0 aliphatic carbocycles. The zero-order chi connectivity index (χ0) is 36.3. The minimum atomic E-state index is -1.52. The average Bonchev–Trinajstić information content (AvgIpc) is 3.64. The standard InChI is InChI=1S/C38H43NO11S/c1-5-46-37(42)29(38(43)47-6-2)33-39-30(28(48-33)23-45-22-24-18-20-27(44-4)21-19-24)31(49-35(40)25-14-10-8-11-15-25)32(34(39)51-7-3)50-36(41)26-16-12-9-13-17-26/h8-21,28-34H,5-7,22-23H2,1-4H3/t28-,30+,31+,32-,33+,34-/m1/s1. The van der Waals surface area contributed by atoms with Crippen LogP contribution in [0, 0.1) is 5.92 Å². The summed E-state index contributed by atoms with van der Waals surface area (Å²) in [5.41, 5.74) is 1.47. The largest absolute Gasteiger partial charge is 0.497 e. The van der Waals surface area contributed by atoms with E-state index in [1.54, 1.807) is 86.5 Å². The van der Waals surface area contributed by atoms with Gasteiger partial charge in [0.1, 0.15) is 18.1 Å². The fraction of sp³-hybridized carbons (Fsp3) is 0.421. The Bertz CT molecular complexity index is 1590. The van der Waals surface area contributed by atoms with E-state index in [9.17, 15) is 19.2 Å². The van der Waals surface area contributed by atoms with Gasteiger partial charge in [0.2, 0.25) is 0 Å². The van der Waals surface area contributed by atoms with Crippen molar-refractivity contribution < 1.29 is 52.3 Å². The predicted molar refractivity (Wildman–Crippen MR) is 187 cm³/mol. The van der Waals surface area contributed by atoms with E-state index in [-0.39, 0.29) is 26.4 Å². The molecule has 0 amide bonds. The summed E-state index contributed by atoms with van der Waals surface area (Å²) in [5, 5.41) is -0.718. The van der Waals surface area contributed by atoms with Gasteiger partial charge in [-0.05, 0) is 61.6 Å². The Morgan fingerprint density at radius 3 is 1.82 bits per heavy atom. The first-order chi connectivity index (χ1) is 24.8. The summed E-state index contributed by atoms with van der Waals surface area (Å²) in [6.45, 7) is 5.41. The van der Waals surface area contributed by atoms with Gasteiger partial charge in [-0.15, -0.1) is 11.8 Å². The van der Waals surface area contributed by atoms with Crippen LogP contribution in [0.3, 0.4) is 0 Å². The van der Waals surface area contributed by atoms with Crippen LogP contribution in [0.1, 0.15) is 47.1 Å². The molecular weight excluding hydrogens is 678 g/mol. The third-order valence-electron chi connectivity index (χ3n) is 8.49. The lowest BCUT2D eigenvalue weighted by Crippen LogP contribution is -2.50. The zero-order valence-corrected chi connectivity index (χ0v) is 29.8. The number of hydrogen-bond donors (Lipinski definition) is 0. The number of carbonyl (C=O) groups is 4. The Labute approximate surface area is 301 Å². The molecule has 0 bridgehead atoms. The summed E-state index contributed by atoms with van der Waals surface area (Å²) in [5.74, 6) is -3.21. The van der Waals surface area contributed by atoms with Crippen LogP contribution in [0.15, 0.2) is 84.9 Å². The topological polar surface area (TPSA) is 136 Å².